The normalized spacial score (nSPS) is 12.2. The number of benzene rings is 2. The molecule has 2 heterocycles. The molecule has 24 heavy (non-hydrogen) atoms. The molecule has 4 aromatic rings. The number of hydrogen-bond acceptors (Lipinski definition) is 4. The third kappa shape index (κ3) is 2.52. The van der Waals surface area contributed by atoms with E-state index in [1.54, 1.807) is 12.1 Å². The Hall–Kier alpha value is -2.50. The summed E-state index contributed by atoms with van der Waals surface area (Å²) in [5.41, 5.74) is 2.64. The lowest BCUT2D eigenvalue weighted by atomic mass is 10.1. The molecule has 0 fully saturated rings. The molecule has 0 aliphatic heterocycles. The molecule has 0 amide bonds. The summed E-state index contributed by atoms with van der Waals surface area (Å²) >= 11 is 7.47. The fraction of sp³-hybridized carbons (Fsp3) is 0.0556. The van der Waals surface area contributed by atoms with Gasteiger partial charge in [-0.3, -0.25) is 4.79 Å². The zero-order valence-electron chi connectivity index (χ0n) is 12.7. The first-order chi connectivity index (χ1) is 11.6. The first kappa shape index (κ1) is 15.1. The lowest BCUT2D eigenvalue weighted by Crippen LogP contribution is -2.23. The highest BCUT2D eigenvalue weighted by molar-refractivity contribution is 7.15. The van der Waals surface area contributed by atoms with E-state index < -0.39 is 0 Å². The Balaban J connectivity index is 1.87. The van der Waals surface area contributed by atoms with Crippen molar-refractivity contribution in [3.05, 3.63) is 79.6 Å². The molecule has 0 aliphatic rings. The predicted octanol–water partition coefficient (Wildman–Crippen LogP) is 3.33. The lowest BCUT2D eigenvalue weighted by molar-refractivity contribution is 0.936. The molecule has 2 aromatic carbocycles. The van der Waals surface area contributed by atoms with Gasteiger partial charge in [-0.1, -0.05) is 65.4 Å². The van der Waals surface area contributed by atoms with Gasteiger partial charge in [-0.15, -0.1) is 5.10 Å². The Morgan fingerprint density at radius 1 is 1.12 bits per heavy atom. The third-order valence-electron chi connectivity index (χ3n) is 3.76. The smallest absolute Gasteiger partial charge is 0.266 e. The van der Waals surface area contributed by atoms with Crippen molar-refractivity contribution in [3.8, 4) is 11.4 Å². The molecule has 0 bridgehead atoms. The SMILES string of the molecule is Cc1ccccc1-c1nc2s/c(=C/c3ccccc3Cl)c(=O)n2n1. The van der Waals surface area contributed by atoms with Crippen molar-refractivity contribution in [1.82, 2.24) is 14.6 Å². The van der Waals surface area contributed by atoms with E-state index in [0.29, 0.717) is 20.3 Å². The van der Waals surface area contributed by atoms with Gasteiger partial charge >= 0.3 is 0 Å². The van der Waals surface area contributed by atoms with Gasteiger partial charge in [-0.2, -0.15) is 9.50 Å². The Bertz CT molecular complexity index is 1160. The van der Waals surface area contributed by atoms with E-state index >= 15 is 0 Å². The van der Waals surface area contributed by atoms with Crippen molar-refractivity contribution in [3.63, 3.8) is 0 Å². The first-order valence-electron chi connectivity index (χ1n) is 7.35. The maximum atomic E-state index is 12.6. The van der Waals surface area contributed by atoms with Crippen LogP contribution in [0.5, 0.6) is 0 Å². The van der Waals surface area contributed by atoms with Crippen molar-refractivity contribution in [2.24, 2.45) is 0 Å². The number of thiazole rings is 1. The quantitative estimate of drug-likeness (QED) is 0.555. The largest absolute Gasteiger partial charge is 0.291 e. The molecule has 0 aliphatic carbocycles. The summed E-state index contributed by atoms with van der Waals surface area (Å²) in [6.45, 7) is 2.00. The van der Waals surface area contributed by atoms with Gasteiger partial charge in [0.25, 0.3) is 5.56 Å². The number of halogens is 1. The van der Waals surface area contributed by atoms with Gasteiger partial charge in [0.05, 0.1) is 4.53 Å². The van der Waals surface area contributed by atoms with Crippen LogP contribution < -0.4 is 10.1 Å². The Kier molecular flexibility index (Phi) is 3.67. The Labute approximate surface area is 146 Å². The van der Waals surface area contributed by atoms with E-state index in [4.69, 9.17) is 11.6 Å². The van der Waals surface area contributed by atoms with Crippen molar-refractivity contribution in [1.29, 1.82) is 0 Å². The minimum Gasteiger partial charge on any atom is -0.266 e. The number of aromatic nitrogens is 3. The van der Waals surface area contributed by atoms with E-state index in [0.717, 1.165) is 16.7 Å². The summed E-state index contributed by atoms with van der Waals surface area (Å²) < 4.78 is 1.92. The van der Waals surface area contributed by atoms with Crippen LogP contribution in [0, 0.1) is 6.92 Å². The second kappa shape index (κ2) is 5.85. The molecule has 0 saturated heterocycles. The van der Waals surface area contributed by atoms with Crippen molar-refractivity contribution < 1.29 is 0 Å². The van der Waals surface area contributed by atoms with Crippen molar-refractivity contribution >= 4 is 34.0 Å². The number of fused-ring (bicyclic) bond motifs is 1. The average Bonchev–Trinajstić information content (AvgIpc) is 3.10. The molecule has 0 radical (unpaired) electrons. The van der Waals surface area contributed by atoms with Gasteiger partial charge < -0.3 is 0 Å². The van der Waals surface area contributed by atoms with E-state index in [1.807, 2.05) is 49.4 Å². The zero-order chi connectivity index (χ0) is 16.7. The third-order valence-corrected chi connectivity index (χ3v) is 5.06. The van der Waals surface area contributed by atoms with Gasteiger partial charge in [0, 0.05) is 10.6 Å². The fourth-order valence-corrected chi connectivity index (χ4v) is 3.59. The first-order valence-corrected chi connectivity index (χ1v) is 8.55. The molecule has 2 aromatic heterocycles. The van der Waals surface area contributed by atoms with Crippen LogP contribution in [0.2, 0.25) is 5.02 Å². The second-order valence-corrected chi connectivity index (χ2v) is 6.80. The van der Waals surface area contributed by atoms with Crippen LogP contribution in [0.25, 0.3) is 22.4 Å². The molecule has 4 nitrogen and oxygen atoms in total. The molecule has 0 unspecified atom stereocenters. The molecule has 4 rings (SSSR count). The maximum absolute atomic E-state index is 12.6. The van der Waals surface area contributed by atoms with Crippen molar-refractivity contribution in [2.75, 3.05) is 0 Å². The number of nitrogens with zero attached hydrogens (tertiary/aromatic N) is 3. The van der Waals surface area contributed by atoms with E-state index in [1.165, 1.54) is 15.9 Å². The van der Waals surface area contributed by atoms with E-state index in [-0.39, 0.29) is 5.56 Å². The highest BCUT2D eigenvalue weighted by Crippen LogP contribution is 2.20. The molecule has 0 spiro atoms. The van der Waals surface area contributed by atoms with Crippen molar-refractivity contribution in [2.45, 2.75) is 6.92 Å². The van der Waals surface area contributed by atoms with E-state index in [2.05, 4.69) is 10.1 Å². The summed E-state index contributed by atoms with van der Waals surface area (Å²) in [6.07, 6.45) is 1.78. The summed E-state index contributed by atoms with van der Waals surface area (Å²) in [4.78, 5) is 17.7. The van der Waals surface area contributed by atoms with Gasteiger partial charge in [0.2, 0.25) is 4.96 Å². The van der Waals surface area contributed by atoms with Gasteiger partial charge in [-0.25, -0.2) is 0 Å². The summed E-state index contributed by atoms with van der Waals surface area (Å²) in [5.74, 6) is 0.570. The predicted molar refractivity (Wildman–Crippen MR) is 97.5 cm³/mol. The van der Waals surface area contributed by atoms with Crippen LogP contribution in [0.15, 0.2) is 53.3 Å². The number of rotatable bonds is 2. The number of hydrogen-bond donors (Lipinski definition) is 0. The average molecular weight is 354 g/mol. The van der Waals surface area contributed by atoms with Crippen LogP contribution in [0.3, 0.4) is 0 Å². The van der Waals surface area contributed by atoms with Gasteiger partial charge in [-0.05, 0) is 30.2 Å². The maximum Gasteiger partial charge on any atom is 0.291 e. The highest BCUT2D eigenvalue weighted by Gasteiger charge is 2.13. The fourth-order valence-electron chi connectivity index (χ4n) is 2.50. The highest BCUT2D eigenvalue weighted by atomic mass is 35.5. The lowest BCUT2D eigenvalue weighted by Gasteiger charge is -1.98. The molecular formula is C18H12ClN3OS. The molecule has 0 N–H and O–H groups in total. The molecular weight excluding hydrogens is 342 g/mol. The topological polar surface area (TPSA) is 47.3 Å². The second-order valence-electron chi connectivity index (χ2n) is 5.38. The molecule has 0 saturated carbocycles. The van der Waals surface area contributed by atoms with Gasteiger partial charge in [0.15, 0.2) is 5.82 Å². The summed E-state index contributed by atoms with van der Waals surface area (Å²) in [7, 11) is 0. The molecule has 0 atom stereocenters. The summed E-state index contributed by atoms with van der Waals surface area (Å²) in [6, 6.07) is 15.3. The van der Waals surface area contributed by atoms with Crippen LogP contribution in [-0.4, -0.2) is 14.6 Å². The minimum absolute atomic E-state index is 0.178. The molecule has 118 valence electrons. The zero-order valence-corrected chi connectivity index (χ0v) is 14.3. The number of aryl methyl sites for hydroxylation is 1. The van der Waals surface area contributed by atoms with Crippen LogP contribution in [0.1, 0.15) is 11.1 Å². The van der Waals surface area contributed by atoms with Crippen LogP contribution in [0.4, 0.5) is 0 Å². The summed E-state index contributed by atoms with van der Waals surface area (Å²) in [5, 5.41) is 4.99. The van der Waals surface area contributed by atoms with Gasteiger partial charge in [0.1, 0.15) is 0 Å². The Morgan fingerprint density at radius 2 is 1.88 bits per heavy atom. The molecule has 6 heteroatoms. The van der Waals surface area contributed by atoms with E-state index in [9.17, 15) is 4.79 Å². The monoisotopic (exact) mass is 353 g/mol. The standard InChI is InChI=1S/C18H12ClN3OS/c1-11-6-2-4-8-13(11)16-20-18-22(21-16)17(23)15(24-18)10-12-7-3-5-9-14(12)19/h2-10H,1H3/b15-10+. The van der Waals surface area contributed by atoms with Crippen LogP contribution >= 0.6 is 22.9 Å². The van der Waals surface area contributed by atoms with Crippen LogP contribution in [-0.2, 0) is 0 Å². The Morgan fingerprint density at radius 3 is 2.62 bits per heavy atom. The minimum atomic E-state index is -0.178.